The Hall–Kier alpha value is -2.63. The minimum absolute atomic E-state index is 0.181. The van der Waals surface area contributed by atoms with Crippen molar-refractivity contribution in [3.63, 3.8) is 0 Å². The Bertz CT molecular complexity index is 789. The summed E-state index contributed by atoms with van der Waals surface area (Å²) in [5.41, 5.74) is 1.53. The van der Waals surface area contributed by atoms with Gasteiger partial charge in [-0.15, -0.1) is 0 Å². The summed E-state index contributed by atoms with van der Waals surface area (Å²) in [6, 6.07) is 17.6. The van der Waals surface area contributed by atoms with Crippen LogP contribution in [0.3, 0.4) is 0 Å². The third-order valence-corrected chi connectivity index (χ3v) is 3.79. The van der Waals surface area contributed by atoms with Crippen molar-refractivity contribution >= 4 is 0 Å². The highest BCUT2D eigenvalue weighted by atomic mass is 19.1. The van der Waals surface area contributed by atoms with E-state index in [0.29, 0.717) is 30.2 Å². The Kier molecular flexibility index (Phi) is 5.82. The van der Waals surface area contributed by atoms with Crippen LogP contribution < -0.4 is 10.1 Å². The number of nitrogens with one attached hydrogen (secondary N) is 1. The number of hydrogen-bond acceptors (Lipinski definition) is 4. The van der Waals surface area contributed by atoms with E-state index in [1.54, 1.807) is 30.3 Å². The summed E-state index contributed by atoms with van der Waals surface area (Å²) < 4.78 is 24.4. The number of rotatable bonds is 8. The molecule has 0 aliphatic carbocycles. The normalized spacial score (nSPS) is 12.1. The predicted molar refractivity (Wildman–Crippen MR) is 92.5 cm³/mol. The first-order valence-corrected chi connectivity index (χ1v) is 8.10. The lowest BCUT2D eigenvalue weighted by molar-refractivity contribution is 0.147. The van der Waals surface area contributed by atoms with Gasteiger partial charge in [-0.05, 0) is 35.9 Å². The maximum atomic E-state index is 13.6. The molecule has 0 saturated carbocycles. The second-order valence-electron chi connectivity index (χ2n) is 5.69. The summed E-state index contributed by atoms with van der Waals surface area (Å²) in [7, 11) is 0. The molecular weight excluding hydrogens is 321 g/mol. The first-order chi connectivity index (χ1) is 12.2. The Labute approximate surface area is 145 Å². The fourth-order valence-electron chi connectivity index (χ4n) is 2.46. The summed E-state index contributed by atoms with van der Waals surface area (Å²) in [5, 5.41) is 13.1. The Morgan fingerprint density at radius 2 is 1.96 bits per heavy atom. The van der Waals surface area contributed by atoms with Crippen LogP contribution in [0.25, 0.3) is 0 Å². The number of aliphatic hydroxyl groups excluding tert-OH is 1. The van der Waals surface area contributed by atoms with E-state index < -0.39 is 6.10 Å². The number of aliphatic hydroxyl groups is 1. The topological polar surface area (TPSA) is 54.6 Å². The van der Waals surface area contributed by atoms with Crippen molar-refractivity contribution in [2.45, 2.75) is 19.3 Å². The van der Waals surface area contributed by atoms with Gasteiger partial charge >= 0.3 is 0 Å². The van der Waals surface area contributed by atoms with Crippen molar-refractivity contribution in [1.29, 1.82) is 0 Å². The molecule has 0 spiro atoms. The third-order valence-electron chi connectivity index (χ3n) is 3.79. The minimum atomic E-state index is -0.685. The molecule has 0 aliphatic heterocycles. The number of halogens is 1. The molecule has 4 nitrogen and oxygen atoms in total. The predicted octanol–water partition coefficient (Wildman–Crippen LogP) is 3.82. The molecule has 1 aromatic heterocycles. The molecule has 0 bridgehead atoms. The summed E-state index contributed by atoms with van der Waals surface area (Å²) in [6.45, 7) is 1.14. The van der Waals surface area contributed by atoms with E-state index in [-0.39, 0.29) is 12.4 Å². The van der Waals surface area contributed by atoms with Gasteiger partial charge in [0.25, 0.3) is 0 Å². The van der Waals surface area contributed by atoms with E-state index in [4.69, 9.17) is 9.15 Å². The van der Waals surface area contributed by atoms with E-state index in [9.17, 15) is 9.50 Å². The summed E-state index contributed by atoms with van der Waals surface area (Å²) in [5.74, 6) is 0.941. The van der Waals surface area contributed by atoms with Gasteiger partial charge in [-0.25, -0.2) is 4.39 Å². The highest BCUT2D eigenvalue weighted by Crippen LogP contribution is 2.17. The van der Waals surface area contributed by atoms with Crippen molar-refractivity contribution in [2.24, 2.45) is 0 Å². The van der Waals surface area contributed by atoms with E-state index in [2.05, 4.69) is 5.32 Å². The first-order valence-electron chi connectivity index (χ1n) is 8.10. The second-order valence-corrected chi connectivity index (χ2v) is 5.69. The zero-order valence-corrected chi connectivity index (χ0v) is 13.7. The molecule has 1 atom stereocenters. The summed E-state index contributed by atoms with van der Waals surface area (Å²) >= 11 is 0. The molecule has 0 saturated heterocycles. The Balaban J connectivity index is 1.50. The zero-order valence-electron chi connectivity index (χ0n) is 13.7. The monoisotopic (exact) mass is 341 g/mol. The third kappa shape index (κ3) is 4.92. The molecule has 3 rings (SSSR count). The van der Waals surface area contributed by atoms with Gasteiger partial charge in [-0.3, -0.25) is 0 Å². The van der Waals surface area contributed by atoms with Gasteiger partial charge in [0.05, 0.1) is 6.26 Å². The highest BCUT2D eigenvalue weighted by molar-refractivity contribution is 5.29. The first kappa shape index (κ1) is 17.2. The van der Waals surface area contributed by atoms with Crippen LogP contribution in [-0.2, 0) is 13.2 Å². The second kappa shape index (κ2) is 8.46. The number of benzene rings is 2. The average molecular weight is 341 g/mol. The molecule has 2 N–H and O–H groups in total. The van der Waals surface area contributed by atoms with E-state index >= 15 is 0 Å². The van der Waals surface area contributed by atoms with Crippen LogP contribution in [-0.4, -0.2) is 11.7 Å². The molecule has 130 valence electrons. The van der Waals surface area contributed by atoms with Gasteiger partial charge in [-0.2, -0.15) is 0 Å². The van der Waals surface area contributed by atoms with Gasteiger partial charge in [-0.1, -0.05) is 30.3 Å². The molecular formula is C20H20FNO3. The number of furan rings is 1. The Morgan fingerprint density at radius 1 is 1.08 bits per heavy atom. The summed E-state index contributed by atoms with van der Waals surface area (Å²) in [6.07, 6.45) is 0.852. The van der Waals surface area contributed by atoms with Crippen LogP contribution in [0.5, 0.6) is 5.75 Å². The largest absolute Gasteiger partial charge is 0.489 e. The summed E-state index contributed by atoms with van der Waals surface area (Å²) in [4.78, 5) is 0. The van der Waals surface area contributed by atoms with Gasteiger partial charge < -0.3 is 19.6 Å². The van der Waals surface area contributed by atoms with Crippen molar-refractivity contribution < 1.29 is 18.7 Å². The van der Waals surface area contributed by atoms with Crippen LogP contribution in [0.15, 0.2) is 71.3 Å². The fourth-order valence-corrected chi connectivity index (χ4v) is 2.46. The van der Waals surface area contributed by atoms with Crippen molar-refractivity contribution in [1.82, 2.24) is 5.32 Å². The van der Waals surface area contributed by atoms with Crippen molar-refractivity contribution in [2.75, 3.05) is 6.54 Å². The molecule has 3 aromatic rings. The minimum Gasteiger partial charge on any atom is -0.489 e. The SMILES string of the molecule is OC(CNCc1cccc(OCc2ccccc2F)c1)c1ccco1. The smallest absolute Gasteiger partial charge is 0.133 e. The molecule has 1 unspecified atom stereocenters. The molecule has 0 fully saturated rings. The van der Waals surface area contributed by atoms with Crippen LogP contribution in [0, 0.1) is 5.82 Å². The van der Waals surface area contributed by atoms with E-state index in [1.807, 2.05) is 24.3 Å². The van der Waals surface area contributed by atoms with Crippen LogP contribution >= 0.6 is 0 Å². The lowest BCUT2D eigenvalue weighted by Gasteiger charge is -2.11. The van der Waals surface area contributed by atoms with E-state index in [0.717, 1.165) is 5.56 Å². The highest BCUT2D eigenvalue weighted by Gasteiger charge is 2.09. The lowest BCUT2D eigenvalue weighted by Crippen LogP contribution is -2.20. The maximum absolute atomic E-state index is 13.6. The Morgan fingerprint density at radius 3 is 2.76 bits per heavy atom. The van der Waals surface area contributed by atoms with Crippen LogP contribution in [0.2, 0.25) is 0 Å². The molecule has 5 heteroatoms. The van der Waals surface area contributed by atoms with Crippen molar-refractivity contribution in [3.8, 4) is 5.75 Å². The molecule has 0 amide bonds. The van der Waals surface area contributed by atoms with Gasteiger partial charge in [0.15, 0.2) is 0 Å². The van der Waals surface area contributed by atoms with E-state index in [1.165, 1.54) is 12.3 Å². The van der Waals surface area contributed by atoms with Crippen molar-refractivity contribution in [3.05, 3.63) is 89.6 Å². The molecule has 0 aliphatic rings. The quantitative estimate of drug-likeness (QED) is 0.654. The molecule has 0 radical (unpaired) electrons. The molecule has 2 aromatic carbocycles. The van der Waals surface area contributed by atoms with Gasteiger partial charge in [0.2, 0.25) is 0 Å². The van der Waals surface area contributed by atoms with Crippen LogP contribution in [0.1, 0.15) is 23.0 Å². The van der Waals surface area contributed by atoms with Gasteiger partial charge in [0.1, 0.15) is 30.0 Å². The molecule has 25 heavy (non-hydrogen) atoms. The zero-order chi connectivity index (χ0) is 17.5. The number of hydrogen-bond donors (Lipinski definition) is 2. The van der Waals surface area contributed by atoms with Gasteiger partial charge in [0, 0.05) is 18.7 Å². The molecule has 1 heterocycles. The standard InChI is InChI=1S/C20H20FNO3/c21-18-8-2-1-6-16(18)14-25-17-7-3-5-15(11-17)12-22-13-19(23)20-9-4-10-24-20/h1-11,19,22-23H,12-14H2. The maximum Gasteiger partial charge on any atom is 0.133 e. The fraction of sp³-hybridized carbons (Fsp3) is 0.200. The number of ether oxygens (including phenoxy) is 1. The lowest BCUT2D eigenvalue weighted by atomic mass is 10.2. The van der Waals surface area contributed by atoms with Crippen LogP contribution in [0.4, 0.5) is 4.39 Å². The average Bonchev–Trinajstić information content (AvgIpc) is 3.16.